The predicted octanol–water partition coefficient (Wildman–Crippen LogP) is 0.512. The molecule has 8 heteroatoms. The second-order valence-corrected chi connectivity index (χ2v) is 9.25. The fraction of sp³-hybridized carbons (Fsp3) is 0.625. The highest BCUT2D eigenvalue weighted by Crippen LogP contribution is 2.40. The number of nitrogens with two attached hydrogens (primary N) is 1. The fourth-order valence-electron chi connectivity index (χ4n) is 4.86. The molecule has 3 rings (SSSR count). The van der Waals surface area contributed by atoms with Crippen LogP contribution < -0.4 is 16.4 Å². The van der Waals surface area contributed by atoms with Crippen LogP contribution in [0.5, 0.6) is 0 Å². The van der Waals surface area contributed by atoms with Crippen molar-refractivity contribution in [1.82, 2.24) is 20.4 Å². The second-order valence-electron chi connectivity index (χ2n) is 9.25. The highest BCUT2D eigenvalue weighted by Gasteiger charge is 2.48. The van der Waals surface area contributed by atoms with E-state index >= 15 is 0 Å². The minimum Gasteiger partial charge on any atom is -0.347 e. The Labute approximate surface area is 190 Å². The number of unbranched alkanes of at least 4 members (excludes halogenated alkanes) is 1. The van der Waals surface area contributed by atoms with Gasteiger partial charge in [0.25, 0.3) is 0 Å². The molecule has 0 radical (unpaired) electrons. The van der Waals surface area contributed by atoms with Crippen LogP contribution in [-0.2, 0) is 20.8 Å². The molecule has 2 aliphatic rings. The average Bonchev–Trinajstić information content (AvgIpc) is 2.79. The van der Waals surface area contributed by atoms with Crippen LogP contribution in [0.2, 0.25) is 0 Å². The molecule has 176 valence electrons. The van der Waals surface area contributed by atoms with E-state index < -0.39 is 12.1 Å². The maximum Gasteiger partial charge on any atom is 0.245 e. The predicted molar refractivity (Wildman–Crippen MR) is 124 cm³/mol. The normalized spacial score (nSPS) is 19.2. The van der Waals surface area contributed by atoms with Gasteiger partial charge in [0.05, 0.1) is 6.04 Å². The molecule has 0 aliphatic carbocycles. The van der Waals surface area contributed by atoms with Gasteiger partial charge in [0.2, 0.25) is 18.2 Å². The molecule has 2 saturated heterocycles. The number of likely N-dealkylation sites (tertiary alicyclic amines) is 2. The van der Waals surface area contributed by atoms with Crippen LogP contribution in [0.1, 0.15) is 37.7 Å². The molecule has 2 fully saturated rings. The summed E-state index contributed by atoms with van der Waals surface area (Å²) in [7, 11) is 1.90. The van der Waals surface area contributed by atoms with Gasteiger partial charge in [-0.15, -0.1) is 0 Å². The van der Waals surface area contributed by atoms with Crippen molar-refractivity contribution in [3.63, 3.8) is 0 Å². The topological polar surface area (TPSA) is 108 Å². The number of piperidine rings is 1. The standard InChI is InChI=1S/C24H37N5O3/c1-26-12-6-5-9-21(27-18-30)23(32)29-16-24(17-29)10-13-28(14-11-24)22(31)20(25)15-19-7-3-2-4-8-19/h2-4,7-8,18,20-21,26H,5-6,9-17,25H2,1H3,(H,27,30)/t20-,21-/m1/s1. The zero-order chi connectivity index (χ0) is 23.0. The van der Waals surface area contributed by atoms with Gasteiger partial charge >= 0.3 is 0 Å². The van der Waals surface area contributed by atoms with Crippen molar-refractivity contribution in [2.45, 2.75) is 50.6 Å². The van der Waals surface area contributed by atoms with E-state index in [9.17, 15) is 14.4 Å². The summed E-state index contributed by atoms with van der Waals surface area (Å²) in [5.41, 5.74) is 7.35. The van der Waals surface area contributed by atoms with E-state index in [-0.39, 0.29) is 17.2 Å². The summed E-state index contributed by atoms with van der Waals surface area (Å²) in [5.74, 6) is 0.0170. The van der Waals surface area contributed by atoms with Crippen LogP contribution >= 0.6 is 0 Å². The van der Waals surface area contributed by atoms with E-state index in [1.54, 1.807) is 0 Å². The van der Waals surface area contributed by atoms with Gasteiger partial charge in [0, 0.05) is 31.6 Å². The number of benzene rings is 1. The largest absolute Gasteiger partial charge is 0.347 e. The third-order valence-corrected chi connectivity index (χ3v) is 6.85. The quantitative estimate of drug-likeness (QED) is 0.341. The molecule has 0 aromatic heterocycles. The molecule has 0 saturated carbocycles. The van der Waals surface area contributed by atoms with Crippen molar-refractivity contribution in [3.05, 3.63) is 35.9 Å². The maximum absolute atomic E-state index is 12.8. The van der Waals surface area contributed by atoms with Gasteiger partial charge in [-0.05, 0) is 57.7 Å². The van der Waals surface area contributed by atoms with Crippen LogP contribution in [-0.4, -0.2) is 79.9 Å². The van der Waals surface area contributed by atoms with Crippen molar-refractivity contribution in [3.8, 4) is 0 Å². The van der Waals surface area contributed by atoms with Gasteiger partial charge in [-0.2, -0.15) is 0 Å². The van der Waals surface area contributed by atoms with Crippen LogP contribution in [0.15, 0.2) is 30.3 Å². The molecule has 3 amide bonds. The zero-order valence-corrected chi connectivity index (χ0v) is 19.1. The number of amides is 3. The zero-order valence-electron chi connectivity index (χ0n) is 19.1. The monoisotopic (exact) mass is 443 g/mol. The van der Waals surface area contributed by atoms with Crippen LogP contribution in [0, 0.1) is 5.41 Å². The van der Waals surface area contributed by atoms with E-state index in [4.69, 9.17) is 5.73 Å². The van der Waals surface area contributed by atoms with E-state index in [0.29, 0.717) is 45.4 Å². The van der Waals surface area contributed by atoms with E-state index in [0.717, 1.165) is 37.8 Å². The van der Waals surface area contributed by atoms with Gasteiger partial charge in [-0.1, -0.05) is 30.3 Å². The molecule has 2 heterocycles. The third kappa shape index (κ3) is 6.07. The molecule has 0 unspecified atom stereocenters. The Morgan fingerprint density at radius 1 is 1.09 bits per heavy atom. The molecule has 32 heavy (non-hydrogen) atoms. The summed E-state index contributed by atoms with van der Waals surface area (Å²) >= 11 is 0. The lowest BCUT2D eigenvalue weighted by molar-refractivity contribution is -0.153. The van der Waals surface area contributed by atoms with Crippen molar-refractivity contribution >= 4 is 18.2 Å². The number of nitrogens with zero attached hydrogens (tertiary/aromatic N) is 2. The van der Waals surface area contributed by atoms with Crippen molar-refractivity contribution in [2.75, 3.05) is 39.8 Å². The summed E-state index contributed by atoms with van der Waals surface area (Å²) in [4.78, 5) is 40.3. The van der Waals surface area contributed by atoms with Crippen molar-refractivity contribution in [1.29, 1.82) is 0 Å². The minimum absolute atomic E-state index is 0.00720. The minimum atomic E-state index is -0.524. The molecular weight excluding hydrogens is 406 g/mol. The Kier molecular flexibility index (Phi) is 8.64. The average molecular weight is 444 g/mol. The van der Waals surface area contributed by atoms with Gasteiger partial charge in [0.1, 0.15) is 6.04 Å². The molecule has 2 atom stereocenters. The second kappa shape index (κ2) is 11.4. The summed E-state index contributed by atoms with van der Waals surface area (Å²) < 4.78 is 0. The Morgan fingerprint density at radius 2 is 1.78 bits per heavy atom. The molecule has 0 bridgehead atoms. The lowest BCUT2D eigenvalue weighted by Gasteiger charge is -2.54. The van der Waals surface area contributed by atoms with Gasteiger partial charge in [0.15, 0.2) is 0 Å². The first-order valence-corrected chi connectivity index (χ1v) is 11.7. The maximum atomic E-state index is 12.8. The van der Waals surface area contributed by atoms with Crippen LogP contribution in [0.3, 0.4) is 0 Å². The molecule has 8 nitrogen and oxygen atoms in total. The first kappa shape index (κ1) is 24.2. The first-order valence-electron chi connectivity index (χ1n) is 11.7. The molecule has 1 aromatic carbocycles. The van der Waals surface area contributed by atoms with Crippen molar-refractivity contribution < 1.29 is 14.4 Å². The van der Waals surface area contributed by atoms with E-state index in [2.05, 4.69) is 10.6 Å². The Balaban J connectivity index is 1.43. The van der Waals surface area contributed by atoms with Gasteiger partial charge < -0.3 is 26.2 Å². The van der Waals surface area contributed by atoms with Gasteiger partial charge in [-0.25, -0.2) is 0 Å². The molecule has 2 aliphatic heterocycles. The summed E-state index contributed by atoms with van der Waals surface area (Å²) in [5, 5.41) is 5.79. The first-order chi connectivity index (χ1) is 15.5. The Bertz CT molecular complexity index is 756. The Hall–Kier alpha value is -2.45. The number of hydrogen-bond donors (Lipinski definition) is 3. The molecule has 4 N–H and O–H groups in total. The number of hydrogen-bond acceptors (Lipinski definition) is 5. The Morgan fingerprint density at radius 3 is 2.41 bits per heavy atom. The number of carbonyl (C=O) groups excluding carboxylic acids is 3. The molecule has 1 spiro atoms. The van der Waals surface area contributed by atoms with Crippen LogP contribution in [0.4, 0.5) is 0 Å². The smallest absolute Gasteiger partial charge is 0.245 e. The third-order valence-electron chi connectivity index (χ3n) is 6.85. The lowest BCUT2D eigenvalue weighted by atomic mass is 9.71. The SMILES string of the molecule is CNCCCC[C@@H](NC=O)C(=O)N1CC2(CCN(C(=O)[C@H](N)Cc3ccccc3)CC2)C1. The van der Waals surface area contributed by atoms with E-state index in [1.165, 1.54) is 0 Å². The van der Waals surface area contributed by atoms with E-state index in [1.807, 2.05) is 47.2 Å². The van der Waals surface area contributed by atoms with Crippen LogP contribution in [0.25, 0.3) is 0 Å². The number of rotatable bonds is 11. The molecular formula is C24H37N5O3. The summed E-state index contributed by atoms with van der Waals surface area (Å²) in [6.07, 6.45) is 5.45. The fourth-order valence-corrected chi connectivity index (χ4v) is 4.86. The molecule has 1 aromatic rings. The van der Waals surface area contributed by atoms with Crippen molar-refractivity contribution in [2.24, 2.45) is 11.1 Å². The summed E-state index contributed by atoms with van der Waals surface area (Å²) in [6, 6.07) is 8.88. The lowest BCUT2D eigenvalue weighted by Crippen LogP contribution is -2.65. The highest BCUT2D eigenvalue weighted by molar-refractivity contribution is 5.84. The number of carbonyl (C=O) groups is 3. The van der Waals surface area contributed by atoms with Gasteiger partial charge in [-0.3, -0.25) is 14.4 Å². The summed E-state index contributed by atoms with van der Waals surface area (Å²) in [6.45, 7) is 3.68. The highest BCUT2D eigenvalue weighted by atomic mass is 16.2. The number of nitrogens with one attached hydrogen (secondary N) is 2.